The molecule has 0 unspecified atom stereocenters. The highest BCUT2D eigenvalue weighted by Crippen LogP contribution is 2.29. The van der Waals surface area contributed by atoms with Gasteiger partial charge in [-0.05, 0) is 19.0 Å². The van der Waals surface area contributed by atoms with Crippen molar-refractivity contribution < 1.29 is 19.7 Å². The van der Waals surface area contributed by atoms with E-state index >= 15 is 0 Å². The average Bonchev–Trinajstić information content (AvgIpc) is 2.57. The second-order valence-electron chi connectivity index (χ2n) is 5.61. The van der Waals surface area contributed by atoms with E-state index in [1.807, 2.05) is 0 Å². The van der Waals surface area contributed by atoms with Gasteiger partial charge in [0.2, 0.25) is 0 Å². The highest BCUT2D eigenvalue weighted by Gasteiger charge is 2.30. The normalized spacial score (nSPS) is 21.0. The summed E-state index contributed by atoms with van der Waals surface area (Å²) >= 11 is 6.03. The van der Waals surface area contributed by atoms with Gasteiger partial charge in [-0.3, -0.25) is 4.79 Å². The molecule has 8 heteroatoms. The van der Waals surface area contributed by atoms with E-state index in [0.29, 0.717) is 22.0 Å². The summed E-state index contributed by atoms with van der Waals surface area (Å²) in [6.45, 7) is 4.83. The van der Waals surface area contributed by atoms with Crippen molar-refractivity contribution in [2.24, 2.45) is 0 Å². The summed E-state index contributed by atoms with van der Waals surface area (Å²) in [7, 11) is 3.17. The molecule has 0 aromatic heterocycles. The number of ether oxygens (including phenoxy) is 2. The first-order chi connectivity index (χ1) is 11.0. The molecule has 24 heavy (non-hydrogen) atoms. The zero-order valence-electron chi connectivity index (χ0n) is 14.3. The van der Waals surface area contributed by atoms with Gasteiger partial charge in [0.25, 0.3) is 5.91 Å². The standard InChI is InChI=1S/C16H24ClN3O3.H2O/c1-4-20-6-5-13(15(9-20)23-3)19-16(21)10-7-11(17)12(18)8-14(10)22-2;/h7-8,13,15H,4-6,9,18H2,1-3H3,(H,19,21);1H2/t13-,15+;/m1./s1. The Morgan fingerprint density at radius 2 is 2.17 bits per heavy atom. The van der Waals surface area contributed by atoms with Crippen molar-refractivity contribution in [2.45, 2.75) is 25.5 Å². The molecule has 0 aliphatic carbocycles. The quantitative estimate of drug-likeness (QED) is 0.761. The lowest BCUT2D eigenvalue weighted by molar-refractivity contribution is 0.00802. The van der Waals surface area contributed by atoms with E-state index in [2.05, 4.69) is 17.1 Å². The molecule has 1 amide bonds. The number of nitrogens with two attached hydrogens (primary N) is 1. The number of likely N-dealkylation sites (tertiary alicyclic amines) is 1. The van der Waals surface area contributed by atoms with Gasteiger partial charge in [-0.25, -0.2) is 0 Å². The molecule has 0 saturated carbocycles. The van der Waals surface area contributed by atoms with E-state index in [9.17, 15) is 4.79 Å². The van der Waals surface area contributed by atoms with Crippen molar-refractivity contribution in [3.05, 3.63) is 22.7 Å². The van der Waals surface area contributed by atoms with Crippen LogP contribution in [0.15, 0.2) is 12.1 Å². The first kappa shape index (κ1) is 20.5. The SMILES string of the molecule is CCN1CC[C@@H](NC(=O)c2cc(Cl)c(N)cc2OC)[C@@H](OC)C1.O. The molecule has 1 heterocycles. The molecular weight excluding hydrogens is 334 g/mol. The van der Waals surface area contributed by atoms with Crippen LogP contribution in [0.3, 0.4) is 0 Å². The highest BCUT2D eigenvalue weighted by molar-refractivity contribution is 6.33. The Hall–Kier alpha value is -1.54. The second kappa shape index (κ2) is 9.08. The van der Waals surface area contributed by atoms with Gasteiger partial charge in [-0.1, -0.05) is 18.5 Å². The molecule has 0 radical (unpaired) electrons. The number of nitrogens with zero attached hydrogens (tertiary/aromatic N) is 1. The average molecular weight is 360 g/mol. The number of hydrogen-bond acceptors (Lipinski definition) is 5. The first-order valence-electron chi connectivity index (χ1n) is 7.69. The molecule has 136 valence electrons. The molecule has 1 aromatic carbocycles. The molecule has 2 rings (SSSR count). The molecule has 2 atom stereocenters. The van der Waals surface area contributed by atoms with Crippen LogP contribution in [-0.4, -0.2) is 62.3 Å². The molecule has 1 fully saturated rings. The van der Waals surface area contributed by atoms with Crippen LogP contribution in [0.25, 0.3) is 0 Å². The third-order valence-corrected chi connectivity index (χ3v) is 4.60. The maximum Gasteiger partial charge on any atom is 0.255 e. The number of carbonyl (C=O) groups is 1. The highest BCUT2D eigenvalue weighted by atomic mass is 35.5. The van der Waals surface area contributed by atoms with Crippen LogP contribution in [0, 0.1) is 0 Å². The zero-order chi connectivity index (χ0) is 17.0. The molecule has 5 N–H and O–H groups in total. The fourth-order valence-electron chi connectivity index (χ4n) is 2.83. The van der Waals surface area contributed by atoms with Crippen LogP contribution in [0.4, 0.5) is 5.69 Å². The molecule has 0 spiro atoms. The predicted molar refractivity (Wildman–Crippen MR) is 94.8 cm³/mol. The van der Waals surface area contributed by atoms with Crippen LogP contribution in [-0.2, 0) is 4.74 Å². The van der Waals surface area contributed by atoms with Gasteiger partial charge < -0.3 is 30.9 Å². The Bertz CT molecular complexity index is 570. The van der Waals surface area contributed by atoms with Crippen LogP contribution < -0.4 is 15.8 Å². The summed E-state index contributed by atoms with van der Waals surface area (Å²) in [5.41, 5.74) is 6.51. The Balaban J connectivity index is 0.00000288. The van der Waals surface area contributed by atoms with Gasteiger partial charge in [0.1, 0.15) is 5.75 Å². The van der Waals surface area contributed by atoms with E-state index in [-0.39, 0.29) is 23.5 Å². The zero-order valence-corrected chi connectivity index (χ0v) is 15.0. The van der Waals surface area contributed by atoms with Crippen molar-refractivity contribution >= 4 is 23.2 Å². The maximum atomic E-state index is 12.6. The Morgan fingerprint density at radius 3 is 2.75 bits per heavy atom. The number of methoxy groups -OCH3 is 2. The van der Waals surface area contributed by atoms with Crippen molar-refractivity contribution in [3.63, 3.8) is 0 Å². The molecular formula is C16H26ClN3O4. The number of hydrogen-bond donors (Lipinski definition) is 2. The van der Waals surface area contributed by atoms with Gasteiger partial charge in [-0.2, -0.15) is 0 Å². The van der Waals surface area contributed by atoms with E-state index in [0.717, 1.165) is 26.1 Å². The molecule has 1 aliphatic rings. The number of amides is 1. The van der Waals surface area contributed by atoms with Gasteiger partial charge >= 0.3 is 0 Å². The van der Waals surface area contributed by atoms with Crippen LogP contribution in [0.1, 0.15) is 23.7 Å². The second-order valence-corrected chi connectivity index (χ2v) is 6.02. The summed E-state index contributed by atoms with van der Waals surface area (Å²) in [6.07, 6.45) is 0.797. The number of likely N-dealkylation sites (N-methyl/N-ethyl adjacent to an activating group) is 1. The van der Waals surface area contributed by atoms with E-state index < -0.39 is 0 Å². The van der Waals surface area contributed by atoms with Crippen molar-refractivity contribution in [1.82, 2.24) is 10.2 Å². The van der Waals surface area contributed by atoms with Crippen molar-refractivity contribution in [2.75, 3.05) is 39.6 Å². The van der Waals surface area contributed by atoms with Gasteiger partial charge in [0.05, 0.1) is 35.5 Å². The van der Waals surface area contributed by atoms with Crippen LogP contribution >= 0.6 is 11.6 Å². The molecule has 1 saturated heterocycles. The van der Waals surface area contributed by atoms with Crippen molar-refractivity contribution in [3.8, 4) is 5.75 Å². The number of anilines is 1. The minimum atomic E-state index is -0.235. The molecule has 0 bridgehead atoms. The Morgan fingerprint density at radius 1 is 1.46 bits per heavy atom. The van der Waals surface area contributed by atoms with Crippen LogP contribution in [0.2, 0.25) is 5.02 Å². The number of piperidine rings is 1. The fraction of sp³-hybridized carbons (Fsp3) is 0.562. The lowest BCUT2D eigenvalue weighted by atomic mass is 10.0. The third-order valence-electron chi connectivity index (χ3n) is 4.27. The summed E-state index contributed by atoms with van der Waals surface area (Å²) in [6, 6.07) is 3.05. The van der Waals surface area contributed by atoms with E-state index in [1.54, 1.807) is 13.2 Å². The van der Waals surface area contributed by atoms with Gasteiger partial charge in [0.15, 0.2) is 0 Å². The summed E-state index contributed by atoms with van der Waals surface area (Å²) < 4.78 is 10.8. The Kier molecular flexibility index (Phi) is 7.75. The minimum Gasteiger partial charge on any atom is -0.496 e. The minimum absolute atomic E-state index is 0. The van der Waals surface area contributed by atoms with Gasteiger partial charge in [0, 0.05) is 26.3 Å². The van der Waals surface area contributed by atoms with E-state index in [4.69, 9.17) is 26.8 Å². The first-order valence-corrected chi connectivity index (χ1v) is 8.07. The topological polar surface area (TPSA) is 108 Å². The predicted octanol–water partition coefficient (Wildman–Crippen LogP) is 0.945. The van der Waals surface area contributed by atoms with Gasteiger partial charge in [-0.15, -0.1) is 0 Å². The summed E-state index contributed by atoms with van der Waals surface area (Å²) in [5.74, 6) is 0.171. The number of nitrogens with one attached hydrogen (secondary N) is 1. The summed E-state index contributed by atoms with van der Waals surface area (Å²) in [5, 5.41) is 3.37. The Labute approximate surface area is 147 Å². The smallest absolute Gasteiger partial charge is 0.255 e. The monoisotopic (exact) mass is 359 g/mol. The molecule has 1 aromatic rings. The third kappa shape index (κ3) is 4.51. The van der Waals surface area contributed by atoms with E-state index in [1.165, 1.54) is 13.2 Å². The summed E-state index contributed by atoms with van der Waals surface area (Å²) in [4.78, 5) is 14.9. The van der Waals surface area contributed by atoms with Crippen LogP contribution in [0.5, 0.6) is 5.75 Å². The number of rotatable bonds is 5. The maximum absolute atomic E-state index is 12.6. The largest absolute Gasteiger partial charge is 0.496 e. The number of nitrogen functional groups attached to an aromatic ring is 1. The fourth-order valence-corrected chi connectivity index (χ4v) is 3.00. The number of carbonyl (C=O) groups excluding carboxylic acids is 1. The molecule has 1 aliphatic heterocycles. The lowest BCUT2D eigenvalue weighted by Gasteiger charge is -2.37. The molecule has 7 nitrogen and oxygen atoms in total. The number of benzene rings is 1. The van der Waals surface area contributed by atoms with Crippen molar-refractivity contribution in [1.29, 1.82) is 0 Å². The number of halogens is 1. The lowest BCUT2D eigenvalue weighted by Crippen LogP contribution is -2.54.